The van der Waals surface area contributed by atoms with Crippen LogP contribution in [0.3, 0.4) is 0 Å². The lowest BCUT2D eigenvalue weighted by Gasteiger charge is -2.39. The Hall–Kier alpha value is -0.0800. The molecule has 0 spiro atoms. The minimum absolute atomic E-state index is 0.776. The van der Waals surface area contributed by atoms with Crippen molar-refractivity contribution >= 4 is 0 Å². The van der Waals surface area contributed by atoms with Gasteiger partial charge in [-0.05, 0) is 64.1 Å². The first-order valence-electron chi connectivity index (χ1n) is 7.19. The van der Waals surface area contributed by atoms with Crippen LogP contribution in [-0.4, -0.2) is 37.6 Å². The molecule has 1 aliphatic heterocycles. The number of piperidine rings is 1. The average molecular weight is 224 g/mol. The molecular formula is C14H28N2. The smallest absolute Gasteiger partial charge is 0.0105 e. The SMILES string of the molecule is CNC1CCC(C)CC1CN1CCCCC1. The van der Waals surface area contributed by atoms with Crippen LogP contribution in [0.1, 0.15) is 45.4 Å². The third-order valence-electron chi connectivity index (χ3n) is 4.56. The van der Waals surface area contributed by atoms with E-state index in [4.69, 9.17) is 0 Å². The molecule has 2 aliphatic rings. The van der Waals surface area contributed by atoms with Gasteiger partial charge in [0.1, 0.15) is 0 Å². The second kappa shape index (κ2) is 6.02. The summed E-state index contributed by atoms with van der Waals surface area (Å²) in [4.78, 5) is 2.70. The van der Waals surface area contributed by atoms with Gasteiger partial charge in [0.25, 0.3) is 0 Å². The van der Waals surface area contributed by atoms with E-state index in [-0.39, 0.29) is 0 Å². The van der Waals surface area contributed by atoms with Gasteiger partial charge >= 0.3 is 0 Å². The molecule has 2 fully saturated rings. The quantitative estimate of drug-likeness (QED) is 0.792. The minimum Gasteiger partial charge on any atom is -0.317 e. The van der Waals surface area contributed by atoms with E-state index in [0.29, 0.717) is 0 Å². The average Bonchev–Trinajstić information content (AvgIpc) is 2.31. The van der Waals surface area contributed by atoms with Crippen molar-refractivity contribution < 1.29 is 0 Å². The highest BCUT2D eigenvalue weighted by atomic mass is 15.1. The highest BCUT2D eigenvalue weighted by molar-refractivity contribution is 4.85. The Morgan fingerprint density at radius 2 is 1.88 bits per heavy atom. The second-order valence-electron chi connectivity index (χ2n) is 5.93. The lowest BCUT2D eigenvalue weighted by atomic mass is 9.78. The zero-order valence-corrected chi connectivity index (χ0v) is 11.0. The van der Waals surface area contributed by atoms with Gasteiger partial charge in [-0.2, -0.15) is 0 Å². The third-order valence-corrected chi connectivity index (χ3v) is 4.56. The molecule has 0 bridgehead atoms. The van der Waals surface area contributed by atoms with E-state index in [9.17, 15) is 0 Å². The van der Waals surface area contributed by atoms with Gasteiger partial charge in [0.15, 0.2) is 0 Å². The summed E-state index contributed by atoms with van der Waals surface area (Å²) in [6, 6.07) is 0.776. The van der Waals surface area contributed by atoms with E-state index in [1.54, 1.807) is 0 Å². The van der Waals surface area contributed by atoms with Crippen LogP contribution in [0.25, 0.3) is 0 Å². The van der Waals surface area contributed by atoms with Gasteiger partial charge in [0, 0.05) is 12.6 Å². The highest BCUT2D eigenvalue weighted by Crippen LogP contribution is 2.30. The Bertz CT molecular complexity index is 199. The molecule has 0 aromatic heterocycles. The molecule has 0 aromatic carbocycles. The first-order valence-corrected chi connectivity index (χ1v) is 7.19. The Kier molecular flexibility index (Phi) is 4.66. The van der Waals surface area contributed by atoms with Gasteiger partial charge in [-0.1, -0.05) is 13.3 Å². The van der Waals surface area contributed by atoms with Crippen LogP contribution in [0.15, 0.2) is 0 Å². The molecule has 3 unspecified atom stereocenters. The molecule has 94 valence electrons. The topological polar surface area (TPSA) is 15.3 Å². The van der Waals surface area contributed by atoms with Crippen LogP contribution in [-0.2, 0) is 0 Å². The summed E-state index contributed by atoms with van der Waals surface area (Å²) in [7, 11) is 2.14. The lowest BCUT2D eigenvalue weighted by Crippen LogP contribution is -2.45. The second-order valence-corrected chi connectivity index (χ2v) is 5.93. The maximum atomic E-state index is 3.54. The van der Waals surface area contributed by atoms with Gasteiger partial charge < -0.3 is 10.2 Å². The minimum atomic E-state index is 0.776. The van der Waals surface area contributed by atoms with E-state index in [2.05, 4.69) is 24.2 Å². The van der Waals surface area contributed by atoms with Crippen molar-refractivity contribution in [2.75, 3.05) is 26.7 Å². The fourth-order valence-electron chi connectivity index (χ4n) is 3.55. The molecule has 1 aliphatic carbocycles. The maximum absolute atomic E-state index is 3.54. The van der Waals surface area contributed by atoms with Crippen molar-refractivity contribution in [3.63, 3.8) is 0 Å². The van der Waals surface area contributed by atoms with Crippen LogP contribution >= 0.6 is 0 Å². The molecule has 1 N–H and O–H groups in total. The van der Waals surface area contributed by atoms with Crippen LogP contribution in [0.5, 0.6) is 0 Å². The maximum Gasteiger partial charge on any atom is 0.0105 e. The van der Waals surface area contributed by atoms with Crippen molar-refractivity contribution in [1.82, 2.24) is 10.2 Å². The predicted octanol–water partition coefficient (Wildman–Crippen LogP) is 2.50. The Morgan fingerprint density at radius 1 is 1.12 bits per heavy atom. The molecular weight excluding hydrogens is 196 g/mol. The van der Waals surface area contributed by atoms with Crippen molar-refractivity contribution in [3.05, 3.63) is 0 Å². The molecule has 1 saturated carbocycles. The van der Waals surface area contributed by atoms with E-state index >= 15 is 0 Å². The first kappa shape index (κ1) is 12.4. The summed E-state index contributed by atoms with van der Waals surface area (Å²) in [5, 5.41) is 3.54. The Balaban J connectivity index is 1.84. The van der Waals surface area contributed by atoms with Crippen LogP contribution in [0, 0.1) is 11.8 Å². The normalized spacial score (nSPS) is 37.5. The van der Waals surface area contributed by atoms with E-state index in [0.717, 1.165) is 17.9 Å². The largest absolute Gasteiger partial charge is 0.317 e. The summed E-state index contributed by atoms with van der Waals surface area (Å²) in [6.07, 6.45) is 8.53. The zero-order chi connectivity index (χ0) is 11.4. The van der Waals surface area contributed by atoms with E-state index in [1.165, 1.54) is 58.2 Å². The Morgan fingerprint density at radius 3 is 2.56 bits per heavy atom. The van der Waals surface area contributed by atoms with Gasteiger partial charge in [0.05, 0.1) is 0 Å². The van der Waals surface area contributed by atoms with Crippen molar-refractivity contribution in [2.45, 2.75) is 51.5 Å². The van der Waals surface area contributed by atoms with Crippen LogP contribution < -0.4 is 5.32 Å². The fourth-order valence-corrected chi connectivity index (χ4v) is 3.55. The number of rotatable bonds is 3. The summed E-state index contributed by atoms with van der Waals surface area (Å²) in [5.41, 5.74) is 0. The number of likely N-dealkylation sites (tertiary alicyclic amines) is 1. The van der Waals surface area contributed by atoms with Gasteiger partial charge in [-0.15, -0.1) is 0 Å². The molecule has 0 aromatic rings. The van der Waals surface area contributed by atoms with E-state index < -0.39 is 0 Å². The molecule has 16 heavy (non-hydrogen) atoms. The fraction of sp³-hybridized carbons (Fsp3) is 1.00. The van der Waals surface area contributed by atoms with Crippen molar-refractivity contribution in [2.24, 2.45) is 11.8 Å². The summed E-state index contributed by atoms with van der Waals surface area (Å²) in [6.45, 7) is 6.47. The van der Waals surface area contributed by atoms with Crippen molar-refractivity contribution in [1.29, 1.82) is 0 Å². The molecule has 3 atom stereocenters. The molecule has 0 amide bonds. The lowest BCUT2D eigenvalue weighted by molar-refractivity contribution is 0.133. The molecule has 0 radical (unpaired) electrons. The number of nitrogens with one attached hydrogen (secondary N) is 1. The van der Waals surface area contributed by atoms with Gasteiger partial charge in [-0.25, -0.2) is 0 Å². The molecule has 2 rings (SSSR count). The summed E-state index contributed by atoms with van der Waals surface area (Å²) < 4.78 is 0. The number of nitrogens with zero attached hydrogens (tertiary/aromatic N) is 1. The predicted molar refractivity (Wildman–Crippen MR) is 69.6 cm³/mol. The standard InChI is InChI=1S/C14H28N2/c1-12-6-7-14(15-2)13(10-12)11-16-8-4-3-5-9-16/h12-15H,3-11H2,1-2H3. The van der Waals surface area contributed by atoms with Crippen molar-refractivity contribution in [3.8, 4) is 0 Å². The molecule has 2 nitrogen and oxygen atoms in total. The summed E-state index contributed by atoms with van der Waals surface area (Å²) in [5.74, 6) is 1.84. The number of hydrogen-bond acceptors (Lipinski definition) is 2. The van der Waals surface area contributed by atoms with E-state index in [1.807, 2.05) is 0 Å². The third kappa shape index (κ3) is 3.21. The Labute approximate surface area is 101 Å². The van der Waals surface area contributed by atoms with Crippen LogP contribution in [0.4, 0.5) is 0 Å². The van der Waals surface area contributed by atoms with Crippen LogP contribution in [0.2, 0.25) is 0 Å². The van der Waals surface area contributed by atoms with Gasteiger partial charge in [0.2, 0.25) is 0 Å². The highest BCUT2D eigenvalue weighted by Gasteiger charge is 2.29. The first-order chi connectivity index (χ1) is 7.79. The molecule has 1 saturated heterocycles. The summed E-state index contributed by atoms with van der Waals surface area (Å²) >= 11 is 0. The zero-order valence-electron chi connectivity index (χ0n) is 11.0. The monoisotopic (exact) mass is 224 g/mol. The molecule has 2 heteroatoms. The van der Waals surface area contributed by atoms with Gasteiger partial charge in [-0.3, -0.25) is 0 Å². The molecule has 1 heterocycles. The number of hydrogen-bond donors (Lipinski definition) is 1.